The molecule has 3 heteroatoms. The van der Waals surface area contributed by atoms with E-state index in [-0.39, 0.29) is 5.54 Å². The van der Waals surface area contributed by atoms with Gasteiger partial charge in [0.25, 0.3) is 0 Å². The first kappa shape index (κ1) is 10.0. The Morgan fingerprint density at radius 2 is 2.25 bits per heavy atom. The molecular weight excluding hydrogens is 190 g/mol. The molecule has 0 amide bonds. The van der Waals surface area contributed by atoms with Gasteiger partial charge in [-0.3, -0.25) is 0 Å². The SMILES string of the molecule is CC(C)(N)CCc1cc(Cl)cs1. The third-order valence-electron chi connectivity index (χ3n) is 1.64. The summed E-state index contributed by atoms with van der Waals surface area (Å²) in [7, 11) is 0. The van der Waals surface area contributed by atoms with E-state index < -0.39 is 0 Å². The zero-order valence-corrected chi connectivity index (χ0v) is 9.00. The lowest BCUT2D eigenvalue weighted by molar-refractivity contribution is 0.478. The Kier molecular flexibility index (Phi) is 3.16. The molecule has 0 saturated heterocycles. The van der Waals surface area contributed by atoms with Gasteiger partial charge in [0.1, 0.15) is 0 Å². The maximum absolute atomic E-state index is 5.86. The van der Waals surface area contributed by atoms with Gasteiger partial charge >= 0.3 is 0 Å². The molecule has 0 saturated carbocycles. The Labute approximate surface area is 82.5 Å². The largest absolute Gasteiger partial charge is 0.326 e. The van der Waals surface area contributed by atoms with Gasteiger partial charge in [0.2, 0.25) is 0 Å². The summed E-state index contributed by atoms with van der Waals surface area (Å²) in [4.78, 5) is 1.32. The van der Waals surface area contributed by atoms with Gasteiger partial charge in [0, 0.05) is 15.8 Å². The Hall–Kier alpha value is -0.0500. The first-order chi connectivity index (χ1) is 5.47. The van der Waals surface area contributed by atoms with E-state index in [1.807, 2.05) is 25.3 Å². The summed E-state index contributed by atoms with van der Waals surface area (Å²) >= 11 is 7.49. The lowest BCUT2D eigenvalue weighted by atomic mass is 10.00. The van der Waals surface area contributed by atoms with E-state index in [1.165, 1.54) is 4.88 Å². The summed E-state index contributed by atoms with van der Waals surface area (Å²) in [6, 6.07) is 2.01. The molecule has 0 unspecified atom stereocenters. The number of nitrogens with two attached hydrogens (primary N) is 1. The zero-order valence-electron chi connectivity index (χ0n) is 7.43. The van der Waals surface area contributed by atoms with Gasteiger partial charge in [-0.1, -0.05) is 11.6 Å². The molecule has 1 heterocycles. The normalized spacial score (nSPS) is 12.0. The van der Waals surface area contributed by atoms with Crippen molar-refractivity contribution in [2.24, 2.45) is 5.73 Å². The molecule has 0 bridgehead atoms. The van der Waals surface area contributed by atoms with Crippen LogP contribution in [0.1, 0.15) is 25.1 Å². The van der Waals surface area contributed by atoms with Crippen LogP contribution in [0.4, 0.5) is 0 Å². The summed E-state index contributed by atoms with van der Waals surface area (Å²) in [5, 5.41) is 2.80. The first-order valence-electron chi connectivity index (χ1n) is 3.99. The molecule has 0 aliphatic rings. The highest BCUT2D eigenvalue weighted by Gasteiger charge is 2.10. The molecule has 12 heavy (non-hydrogen) atoms. The van der Waals surface area contributed by atoms with E-state index in [0.717, 1.165) is 17.9 Å². The van der Waals surface area contributed by atoms with Crippen LogP contribution in [0, 0.1) is 0 Å². The van der Waals surface area contributed by atoms with E-state index in [9.17, 15) is 0 Å². The van der Waals surface area contributed by atoms with E-state index in [1.54, 1.807) is 11.3 Å². The monoisotopic (exact) mass is 203 g/mol. The number of rotatable bonds is 3. The fourth-order valence-electron chi connectivity index (χ4n) is 0.930. The fraction of sp³-hybridized carbons (Fsp3) is 0.556. The number of aryl methyl sites for hydroxylation is 1. The van der Waals surface area contributed by atoms with Gasteiger partial charge < -0.3 is 5.73 Å². The highest BCUT2D eigenvalue weighted by molar-refractivity contribution is 7.10. The van der Waals surface area contributed by atoms with Crippen LogP contribution in [0.5, 0.6) is 0 Å². The van der Waals surface area contributed by atoms with Crippen LogP contribution < -0.4 is 5.73 Å². The number of hydrogen-bond donors (Lipinski definition) is 1. The summed E-state index contributed by atoms with van der Waals surface area (Å²) < 4.78 is 0. The Morgan fingerprint density at radius 1 is 1.58 bits per heavy atom. The van der Waals surface area contributed by atoms with Crippen LogP contribution in [0.25, 0.3) is 0 Å². The van der Waals surface area contributed by atoms with Crippen molar-refractivity contribution in [2.75, 3.05) is 0 Å². The summed E-state index contributed by atoms with van der Waals surface area (Å²) in [5.41, 5.74) is 5.79. The molecule has 1 aromatic heterocycles. The maximum atomic E-state index is 5.86. The standard InChI is InChI=1S/C9H14ClNS/c1-9(2,11)4-3-8-5-7(10)6-12-8/h5-6H,3-4,11H2,1-2H3. The lowest BCUT2D eigenvalue weighted by Gasteiger charge is -2.17. The van der Waals surface area contributed by atoms with E-state index in [2.05, 4.69) is 0 Å². The van der Waals surface area contributed by atoms with Crippen LogP contribution in [0.3, 0.4) is 0 Å². The predicted octanol–water partition coefficient (Wildman–Crippen LogP) is 3.07. The van der Waals surface area contributed by atoms with Crippen molar-refractivity contribution in [3.8, 4) is 0 Å². The van der Waals surface area contributed by atoms with Crippen LogP contribution in [-0.2, 0) is 6.42 Å². The molecule has 0 aliphatic carbocycles. The van der Waals surface area contributed by atoms with E-state index in [4.69, 9.17) is 17.3 Å². The topological polar surface area (TPSA) is 26.0 Å². The third-order valence-corrected chi connectivity index (χ3v) is 2.98. The van der Waals surface area contributed by atoms with E-state index in [0.29, 0.717) is 0 Å². The van der Waals surface area contributed by atoms with Crippen molar-refractivity contribution in [1.29, 1.82) is 0 Å². The number of hydrogen-bond acceptors (Lipinski definition) is 2. The average Bonchev–Trinajstić information content (AvgIpc) is 2.30. The lowest BCUT2D eigenvalue weighted by Crippen LogP contribution is -2.32. The van der Waals surface area contributed by atoms with Crippen LogP contribution in [0.2, 0.25) is 5.02 Å². The minimum atomic E-state index is -0.0730. The first-order valence-corrected chi connectivity index (χ1v) is 5.25. The third kappa shape index (κ3) is 3.57. The van der Waals surface area contributed by atoms with Crippen molar-refractivity contribution in [1.82, 2.24) is 0 Å². The molecule has 1 aromatic rings. The van der Waals surface area contributed by atoms with E-state index >= 15 is 0 Å². The molecule has 0 radical (unpaired) electrons. The zero-order chi connectivity index (χ0) is 9.19. The Balaban J connectivity index is 2.44. The van der Waals surface area contributed by atoms with Crippen molar-refractivity contribution < 1.29 is 0 Å². The second-order valence-electron chi connectivity index (χ2n) is 3.72. The predicted molar refractivity (Wildman–Crippen MR) is 55.9 cm³/mol. The number of halogens is 1. The quantitative estimate of drug-likeness (QED) is 0.803. The van der Waals surface area contributed by atoms with Gasteiger partial charge in [0.15, 0.2) is 0 Å². The van der Waals surface area contributed by atoms with Crippen LogP contribution in [-0.4, -0.2) is 5.54 Å². The molecule has 2 N–H and O–H groups in total. The van der Waals surface area contributed by atoms with Crippen LogP contribution in [0.15, 0.2) is 11.4 Å². The fourth-order valence-corrected chi connectivity index (χ4v) is 2.01. The highest BCUT2D eigenvalue weighted by Crippen LogP contribution is 2.21. The molecule has 0 aromatic carbocycles. The molecule has 68 valence electrons. The molecular formula is C9H14ClNS. The molecule has 0 fully saturated rings. The van der Waals surface area contributed by atoms with Gasteiger partial charge in [-0.2, -0.15) is 0 Å². The summed E-state index contributed by atoms with van der Waals surface area (Å²) in [6.45, 7) is 4.09. The maximum Gasteiger partial charge on any atom is 0.0515 e. The van der Waals surface area contributed by atoms with Gasteiger partial charge in [-0.05, 0) is 32.8 Å². The smallest absolute Gasteiger partial charge is 0.0515 e. The van der Waals surface area contributed by atoms with Gasteiger partial charge in [0.05, 0.1) is 5.02 Å². The van der Waals surface area contributed by atoms with Crippen LogP contribution >= 0.6 is 22.9 Å². The molecule has 0 spiro atoms. The Morgan fingerprint density at radius 3 is 2.67 bits per heavy atom. The second-order valence-corrected chi connectivity index (χ2v) is 5.15. The molecule has 0 atom stereocenters. The van der Waals surface area contributed by atoms with Crippen molar-refractivity contribution in [2.45, 2.75) is 32.2 Å². The van der Waals surface area contributed by atoms with Crippen molar-refractivity contribution >= 4 is 22.9 Å². The Bertz CT molecular complexity index is 249. The molecule has 1 nitrogen and oxygen atoms in total. The second kappa shape index (κ2) is 3.77. The molecule has 0 aliphatic heterocycles. The summed E-state index contributed by atoms with van der Waals surface area (Å²) in [5.74, 6) is 0. The van der Waals surface area contributed by atoms with Gasteiger partial charge in [-0.15, -0.1) is 11.3 Å². The molecule has 1 rings (SSSR count). The van der Waals surface area contributed by atoms with Gasteiger partial charge in [-0.25, -0.2) is 0 Å². The summed E-state index contributed by atoms with van der Waals surface area (Å²) in [6.07, 6.45) is 2.03. The van der Waals surface area contributed by atoms with Crippen molar-refractivity contribution in [3.63, 3.8) is 0 Å². The van der Waals surface area contributed by atoms with Crippen molar-refractivity contribution in [3.05, 3.63) is 21.3 Å². The number of thiophene rings is 1. The minimum Gasteiger partial charge on any atom is -0.326 e. The minimum absolute atomic E-state index is 0.0730. The average molecular weight is 204 g/mol. The highest BCUT2D eigenvalue weighted by atomic mass is 35.5.